The van der Waals surface area contributed by atoms with Crippen LogP contribution >= 0.6 is 0 Å². The number of nitrogens with zero attached hydrogens (tertiary/aromatic N) is 1. The maximum Gasteiger partial charge on any atom is 0.259 e. The van der Waals surface area contributed by atoms with Crippen LogP contribution in [0.2, 0.25) is 0 Å². The summed E-state index contributed by atoms with van der Waals surface area (Å²) < 4.78 is 5.69. The predicted molar refractivity (Wildman–Crippen MR) is 119 cm³/mol. The first-order valence-corrected chi connectivity index (χ1v) is 10.0. The van der Waals surface area contributed by atoms with Crippen LogP contribution in [0, 0.1) is 0 Å². The van der Waals surface area contributed by atoms with E-state index in [1.165, 1.54) is 0 Å². The normalized spacial score (nSPS) is 10.3. The maximum atomic E-state index is 13.0. The van der Waals surface area contributed by atoms with Gasteiger partial charge in [0.2, 0.25) is 0 Å². The monoisotopic (exact) mass is 402 g/mol. The van der Waals surface area contributed by atoms with Crippen LogP contribution in [0.25, 0.3) is 0 Å². The van der Waals surface area contributed by atoms with Crippen molar-refractivity contribution in [3.05, 3.63) is 95.6 Å². The van der Waals surface area contributed by atoms with E-state index >= 15 is 0 Å². The zero-order valence-corrected chi connectivity index (χ0v) is 17.3. The minimum atomic E-state index is -0.312. The molecule has 0 unspecified atom stereocenters. The number of para-hydroxylation sites is 2. The first-order valence-electron chi connectivity index (χ1n) is 10.0. The fraction of sp³-hybridized carbons (Fsp3) is 0.200. The summed E-state index contributed by atoms with van der Waals surface area (Å²) in [4.78, 5) is 27.6. The minimum absolute atomic E-state index is 0.162. The SMILES string of the molecule is CCCOc1ccccc1C(=O)Nc1ccccc1C(=O)N(C)Cc1ccccc1. The molecular weight excluding hydrogens is 376 g/mol. The molecule has 0 saturated carbocycles. The van der Waals surface area contributed by atoms with Crippen LogP contribution in [0.15, 0.2) is 78.9 Å². The van der Waals surface area contributed by atoms with Crippen LogP contribution in [-0.4, -0.2) is 30.4 Å². The van der Waals surface area contributed by atoms with Gasteiger partial charge < -0.3 is 15.0 Å². The quantitative estimate of drug-likeness (QED) is 0.577. The molecular formula is C25H26N2O3. The van der Waals surface area contributed by atoms with Crippen molar-refractivity contribution in [2.45, 2.75) is 19.9 Å². The number of benzene rings is 3. The van der Waals surface area contributed by atoms with E-state index in [4.69, 9.17) is 4.74 Å². The van der Waals surface area contributed by atoms with Crippen LogP contribution in [0.5, 0.6) is 5.75 Å². The van der Waals surface area contributed by atoms with Gasteiger partial charge in [-0.3, -0.25) is 9.59 Å². The molecule has 0 saturated heterocycles. The van der Waals surface area contributed by atoms with E-state index in [1.807, 2.05) is 43.3 Å². The molecule has 154 valence electrons. The van der Waals surface area contributed by atoms with Crippen molar-refractivity contribution in [1.82, 2.24) is 4.90 Å². The molecule has 5 nitrogen and oxygen atoms in total. The average molecular weight is 402 g/mol. The second-order valence-corrected chi connectivity index (χ2v) is 6.99. The van der Waals surface area contributed by atoms with E-state index in [9.17, 15) is 9.59 Å². The number of amides is 2. The Bertz CT molecular complexity index is 1000. The van der Waals surface area contributed by atoms with E-state index in [1.54, 1.807) is 54.4 Å². The van der Waals surface area contributed by atoms with Crippen molar-refractivity contribution in [3.63, 3.8) is 0 Å². The largest absolute Gasteiger partial charge is 0.493 e. The third kappa shape index (κ3) is 5.26. The van der Waals surface area contributed by atoms with E-state index in [2.05, 4.69) is 5.32 Å². The van der Waals surface area contributed by atoms with Crippen molar-refractivity contribution in [3.8, 4) is 5.75 Å². The van der Waals surface area contributed by atoms with E-state index in [0.29, 0.717) is 35.7 Å². The summed E-state index contributed by atoms with van der Waals surface area (Å²) in [7, 11) is 1.75. The Labute approximate surface area is 177 Å². The second kappa shape index (κ2) is 10.3. The molecule has 2 amide bonds. The van der Waals surface area contributed by atoms with E-state index in [-0.39, 0.29) is 11.8 Å². The summed E-state index contributed by atoms with van der Waals surface area (Å²) in [5.74, 6) is 0.0554. The highest BCUT2D eigenvalue weighted by Crippen LogP contribution is 2.23. The Morgan fingerprint density at radius 2 is 1.50 bits per heavy atom. The van der Waals surface area contributed by atoms with Gasteiger partial charge in [-0.15, -0.1) is 0 Å². The van der Waals surface area contributed by atoms with E-state index in [0.717, 1.165) is 12.0 Å². The highest BCUT2D eigenvalue weighted by atomic mass is 16.5. The third-order valence-corrected chi connectivity index (χ3v) is 4.61. The summed E-state index contributed by atoms with van der Waals surface area (Å²) in [5, 5.41) is 2.88. The number of hydrogen-bond donors (Lipinski definition) is 1. The highest BCUT2D eigenvalue weighted by Gasteiger charge is 2.19. The van der Waals surface area contributed by atoms with Gasteiger partial charge in [-0.05, 0) is 36.2 Å². The Morgan fingerprint density at radius 1 is 0.867 bits per heavy atom. The average Bonchev–Trinajstić information content (AvgIpc) is 2.78. The van der Waals surface area contributed by atoms with Gasteiger partial charge in [-0.25, -0.2) is 0 Å². The lowest BCUT2D eigenvalue weighted by Gasteiger charge is -2.19. The van der Waals surface area contributed by atoms with Gasteiger partial charge in [0.25, 0.3) is 11.8 Å². The minimum Gasteiger partial charge on any atom is -0.493 e. The molecule has 0 heterocycles. The summed E-state index contributed by atoms with van der Waals surface area (Å²) in [6, 6.07) is 23.9. The molecule has 3 rings (SSSR count). The molecule has 0 aliphatic rings. The van der Waals surface area contributed by atoms with Crippen molar-refractivity contribution in [1.29, 1.82) is 0 Å². The molecule has 0 fully saturated rings. The van der Waals surface area contributed by atoms with Crippen LogP contribution in [0.4, 0.5) is 5.69 Å². The lowest BCUT2D eigenvalue weighted by Crippen LogP contribution is -2.27. The highest BCUT2D eigenvalue weighted by molar-refractivity contribution is 6.10. The number of hydrogen-bond acceptors (Lipinski definition) is 3. The predicted octanol–water partition coefficient (Wildman–Crippen LogP) is 5.00. The summed E-state index contributed by atoms with van der Waals surface area (Å²) >= 11 is 0. The van der Waals surface area contributed by atoms with Crippen LogP contribution < -0.4 is 10.1 Å². The first-order chi connectivity index (χ1) is 14.6. The topological polar surface area (TPSA) is 58.6 Å². The molecule has 0 spiro atoms. The standard InChI is InChI=1S/C25H26N2O3/c1-3-17-30-23-16-10-8-14-21(23)24(28)26-22-15-9-7-13-20(22)25(29)27(2)18-19-11-5-4-6-12-19/h4-16H,3,17-18H2,1-2H3,(H,26,28). The zero-order chi connectivity index (χ0) is 21.3. The van der Waals surface area contributed by atoms with Crippen molar-refractivity contribution < 1.29 is 14.3 Å². The smallest absolute Gasteiger partial charge is 0.259 e. The van der Waals surface area contributed by atoms with Gasteiger partial charge in [0.1, 0.15) is 5.75 Å². The molecule has 5 heteroatoms. The molecule has 3 aromatic carbocycles. The molecule has 1 N–H and O–H groups in total. The number of anilines is 1. The van der Waals surface area contributed by atoms with Gasteiger partial charge in [0.05, 0.1) is 23.4 Å². The molecule has 0 aromatic heterocycles. The van der Waals surface area contributed by atoms with Gasteiger partial charge in [-0.1, -0.05) is 61.5 Å². The number of rotatable bonds is 8. The van der Waals surface area contributed by atoms with Crippen LogP contribution in [0.3, 0.4) is 0 Å². The zero-order valence-electron chi connectivity index (χ0n) is 17.3. The van der Waals surface area contributed by atoms with Crippen molar-refractivity contribution in [2.75, 3.05) is 19.0 Å². The molecule has 30 heavy (non-hydrogen) atoms. The summed E-state index contributed by atoms with van der Waals surface area (Å²) in [6.45, 7) is 3.02. The Morgan fingerprint density at radius 3 is 2.23 bits per heavy atom. The Balaban J connectivity index is 1.78. The van der Waals surface area contributed by atoms with Crippen LogP contribution in [-0.2, 0) is 6.54 Å². The molecule has 0 radical (unpaired) electrons. The fourth-order valence-corrected chi connectivity index (χ4v) is 3.10. The Kier molecular flexibility index (Phi) is 7.22. The number of nitrogens with one attached hydrogen (secondary N) is 1. The lowest BCUT2D eigenvalue weighted by molar-refractivity contribution is 0.0786. The van der Waals surface area contributed by atoms with Crippen molar-refractivity contribution in [2.24, 2.45) is 0 Å². The fourth-order valence-electron chi connectivity index (χ4n) is 3.10. The lowest BCUT2D eigenvalue weighted by atomic mass is 10.1. The first kappa shape index (κ1) is 21.1. The second-order valence-electron chi connectivity index (χ2n) is 6.99. The van der Waals surface area contributed by atoms with Crippen molar-refractivity contribution >= 4 is 17.5 Å². The molecule has 0 aliphatic heterocycles. The van der Waals surface area contributed by atoms with Crippen LogP contribution in [0.1, 0.15) is 39.6 Å². The van der Waals surface area contributed by atoms with Gasteiger partial charge >= 0.3 is 0 Å². The molecule has 3 aromatic rings. The summed E-state index contributed by atoms with van der Waals surface area (Å²) in [6.07, 6.45) is 0.848. The Hall–Kier alpha value is -3.60. The third-order valence-electron chi connectivity index (χ3n) is 4.61. The molecule has 0 bridgehead atoms. The molecule has 0 aliphatic carbocycles. The summed E-state index contributed by atoms with van der Waals surface area (Å²) in [5.41, 5.74) is 2.39. The maximum absolute atomic E-state index is 13.0. The van der Waals surface area contributed by atoms with Gasteiger partial charge in [0, 0.05) is 13.6 Å². The van der Waals surface area contributed by atoms with E-state index < -0.39 is 0 Å². The number of ether oxygens (including phenoxy) is 1. The molecule has 0 atom stereocenters. The van der Waals surface area contributed by atoms with Gasteiger partial charge in [0.15, 0.2) is 0 Å². The number of carbonyl (C=O) groups excluding carboxylic acids is 2. The van der Waals surface area contributed by atoms with Gasteiger partial charge in [-0.2, -0.15) is 0 Å². The number of carbonyl (C=O) groups is 2.